The highest BCUT2D eigenvalue weighted by atomic mass is 19.1. The van der Waals surface area contributed by atoms with Crippen molar-refractivity contribution in [1.29, 1.82) is 0 Å². The van der Waals surface area contributed by atoms with Crippen LogP contribution in [-0.2, 0) is 0 Å². The van der Waals surface area contributed by atoms with E-state index in [9.17, 15) is 14.6 Å². The Kier molecular flexibility index (Phi) is 4.56. The Morgan fingerprint density at radius 1 is 1.03 bits per heavy atom. The highest BCUT2D eigenvalue weighted by Gasteiger charge is 2.59. The third kappa shape index (κ3) is 2.88. The second-order valence-electron chi connectivity index (χ2n) is 10.5. The highest BCUT2D eigenvalue weighted by molar-refractivity contribution is 5.56. The minimum absolute atomic E-state index is 0.117. The Hall–Kier alpha value is -1.45. The van der Waals surface area contributed by atoms with E-state index in [0.717, 1.165) is 50.5 Å². The summed E-state index contributed by atoms with van der Waals surface area (Å²) in [6.45, 7) is 4.68. The van der Waals surface area contributed by atoms with E-state index in [0.29, 0.717) is 23.3 Å². The molecular formula is C26H33FO2. The first-order valence-corrected chi connectivity index (χ1v) is 11.3. The summed E-state index contributed by atoms with van der Waals surface area (Å²) in [5, 5.41) is 21.4. The summed E-state index contributed by atoms with van der Waals surface area (Å²) < 4.78 is 14.2. The van der Waals surface area contributed by atoms with Crippen molar-refractivity contribution in [3.05, 3.63) is 52.9 Å². The van der Waals surface area contributed by atoms with Crippen LogP contribution < -0.4 is 0 Å². The molecule has 29 heavy (non-hydrogen) atoms. The molecule has 0 saturated heterocycles. The van der Waals surface area contributed by atoms with Gasteiger partial charge in [-0.2, -0.15) is 0 Å². The van der Waals surface area contributed by atoms with Crippen LogP contribution in [-0.4, -0.2) is 22.4 Å². The van der Waals surface area contributed by atoms with Crippen LogP contribution in [0.5, 0.6) is 0 Å². The van der Waals surface area contributed by atoms with Crippen LogP contribution in [0.4, 0.5) is 4.39 Å². The van der Waals surface area contributed by atoms with Gasteiger partial charge in [-0.1, -0.05) is 49.8 Å². The van der Waals surface area contributed by atoms with Gasteiger partial charge in [0, 0.05) is 11.0 Å². The Bertz CT molecular complexity index is 873. The lowest BCUT2D eigenvalue weighted by atomic mass is 9.48. The molecule has 5 rings (SSSR count). The fourth-order valence-electron chi connectivity index (χ4n) is 7.43. The van der Waals surface area contributed by atoms with Crippen LogP contribution in [0, 0.1) is 34.4 Å². The van der Waals surface area contributed by atoms with Crippen LogP contribution in [0.3, 0.4) is 0 Å². The molecule has 0 amide bonds. The van der Waals surface area contributed by atoms with Gasteiger partial charge in [0.05, 0.1) is 12.2 Å². The van der Waals surface area contributed by atoms with Gasteiger partial charge < -0.3 is 10.2 Å². The third-order valence-electron chi connectivity index (χ3n) is 9.19. The van der Waals surface area contributed by atoms with Crippen molar-refractivity contribution in [2.75, 3.05) is 0 Å². The molecule has 4 aliphatic carbocycles. The number of aliphatic hydroxyl groups excluding tert-OH is 2. The Balaban J connectivity index is 1.48. The number of benzene rings is 1. The van der Waals surface area contributed by atoms with E-state index >= 15 is 0 Å². The average Bonchev–Trinajstić information content (AvgIpc) is 2.95. The molecule has 0 unspecified atom stereocenters. The number of hydrogen-bond acceptors (Lipinski definition) is 2. The molecular weight excluding hydrogens is 363 g/mol. The fourth-order valence-corrected chi connectivity index (χ4v) is 7.43. The summed E-state index contributed by atoms with van der Waals surface area (Å²) in [4.78, 5) is 0. The monoisotopic (exact) mass is 396 g/mol. The van der Waals surface area contributed by atoms with Gasteiger partial charge in [-0.25, -0.2) is 4.39 Å². The first kappa shape index (κ1) is 19.5. The molecule has 0 aliphatic heterocycles. The molecule has 1 aromatic rings. The molecule has 0 spiro atoms. The van der Waals surface area contributed by atoms with Gasteiger partial charge in [0.15, 0.2) is 0 Å². The molecule has 156 valence electrons. The van der Waals surface area contributed by atoms with Gasteiger partial charge >= 0.3 is 0 Å². The second-order valence-corrected chi connectivity index (χ2v) is 10.5. The lowest BCUT2D eigenvalue weighted by Crippen LogP contribution is -2.51. The fraction of sp³-hybridized carbons (Fsp3) is 0.615. The second kappa shape index (κ2) is 6.78. The van der Waals surface area contributed by atoms with Crippen molar-refractivity contribution < 1.29 is 14.6 Å². The van der Waals surface area contributed by atoms with Gasteiger partial charge in [0.2, 0.25) is 0 Å². The first-order valence-electron chi connectivity index (χ1n) is 11.3. The number of rotatable bonds is 1. The van der Waals surface area contributed by atoms with Crippen molar-refractivity contribution >= 4 is 6.08 Å². The van der Waals surface area contributed by atoms with Crippen LogP contribution >= 0.6 is 0 Å². The summed E-state index contributed by atoms with van der Waals surface area (Å²) in [5.74, 6) is 1.42. The zero-order valence-electron chi connectivity index (χ0n) is 17.6. The average molecular weight is 397 g/mol. The predicted molar refractivity (Wildman–Crippen MR) is 113 cm³/mol. The molecule has 0 heterocycles. The van der Waals surface area contributed by atoms with E-state index < -0.39 is 6.10 Å². The maximum atomic E-state index is 14.2. The molecule has 7 atom stereocenters. The first-order chi connectivity index (χ1) is 13.8. The van der Waals surface area contributed by atoms with E-state index in [4.69, 9.17) is 0 Å². The van der Waals surface area contributed by atoms with Crippen molar-refractivity contribution in [3.8, 4) is 0 Å². The van der Waals surface area contributed by atoms with Crippen LogP contribution in [0.1, 0.15) is 64.4 Å². The van der Waals surface area contributed by atoms with E-state index in [2.05, 4.69) is 19.9 Å². The van der Waals surface area contributed by atoms with E-state index in [1.807, 2.05) is 12.1 Å². The molecule has 0 aromatic heterocycles. The number of allylic oxidation sites excluding steroid dienone is 1. The Labute approximate surface area is 173 Å². The van der Waals surface area contributed by atoms with Gasteiger partial charge in [-0.05, 0) is 79.8 Å². The van der Waals surface area contributed by atoms with E-state index in [1.54, 1.807) is 12.1 Å². The SMILES string of the molecule is C[C@]12CC[C@@H]3[C@H](CC=C4C[C@@H](O)CC[C@@]43C)[C@H]1C/C(=C/c1ccccc1F)[C@H]2O. The zero-order valence-corrected chi connectivity index (χ0v) is 17.6. The maximum absolute atomic E-state index is 14.2. The minimum atomic E-state index is -0.487. The van der Waals surface area contributed by atoms with Crippen molar-refractivity contribution in [2.24, 2.45) is 28.6 Å². The minimum Gasteiger partial charge on any atom is -0.393 e. The molecule has 3 fully saturated rings. The van der Waals surface area contributed by atoms with Crippen LogP contribution in [0.2, 0.25) is 0 Å². The molecule has 3 saturated carbocycles. The summed E-state index contributed by atoms with van der Waals surface area (Å²) >= 11 is 0. The molecule has 3 heteroatoms. The summed E-state index contributed by atoms with van der Waals surface area (Å²) in [5.41, 5.74) is 3.14. The Morgan fingerprint density at radius 3 is 2.62 bits per heavy atom. The van der Waals surface area contributed by atoms with Crippen LogP contribution in [0.15, 0.2) is 41.5 Å². The molecule has 2 N–H and O–H groups in total. The quantitative estimate of drug-likeness (QED) is 0.615. The number of fused-ring (bicyclic) bond motifs is 5. The molecule has 0 radical (unpaired) electrons. The van der Waals surface area contributed by atoms with Gasteiger partial charge in [-0.3, -0.25) is 0 Å². The summed E-state index contributed by atoms with van der Waals surface area (Å²) in [6, 6.07) is 6.85. The zero-order chi connectivity index (χ0) is 20.4. The van der Waals surface area contributed by atoms with Gasteiger partial charge in [0.1, 0.15) is 5.82 Å². The number of aliphatic hydroxyl groups is 2. The van der Waals surface area contributed by atoms with Gasteiger partial charge in [0.25, 0.3) is 0 Å². The summed E-state index contributed by atoms with van der Waals surface area (Å²) in [6.07, 6.45) is 10.6. The topological polar surface area (TPSA) is 40.5 Å². The molecule has 0 bridgehead atoms. The standard InChI is InChI=1S/C26H33FO2/c1-25-11-9-19(28)15-18(25)7-8-20-21(25)10-12-26(2)22(20)14-17(24(26)29)13-16-5-3-4-6-23(16)27/h3-7,13,19-22,24,28-29H,8-12,14-15H2,1-2H3/b17-13-/t19-,20-,21+,22+,24+,25-,26-/m0/s1. The summed E-state index contributed by atoms with van der Waals surface area (Å²) in [7, 11) is 0. The lowest BCUT2D eigenvalue weighted by molar-refractivity contribution is -0.0685. The van der Waals surface area contributed by atoms with Crippen molar-refractivity contribution in [1.82, 2.24) is 0 Å². The lowest BCUT2D eigenvalue weighted by Gasteiger charge is -2.57. The number of hydrogen-bond donors (Lipinski definition) is 2. The maximum Gasteiger partial charge on any atom is 0.130 e. The normalized spacial score (nSPS) is 45.3. The van der Waals surface area contributed by atoms with Gasteiger partial charge in [-0.15, -0.1) is 0 Å². The molecule has 1 aromatic carbocycles. The number of halogens is 1. The predicted octanol–water partition coefficient (Wildman–Crippen LogP) is 5.50. The van der Waals surface area contributed by atoms with Crippen molar-refractivity contribution in [2.45, 2.75) is 71.0 Å². The molecule has 4 aliphatic rings. The smallest absolute Gasteiger partial charge is 0.130 e. The van der Waals surface area contributed by atoms with Crippen LogP contribution in [0.25, 0.3) is 6.08 Å². The van der Waals surface area contributed by atoms with E-state index in [-0.39, 0.29) is 22.8 Å². The van der Waals surface area contributed by atoms with E-state index in [1.165, 1.54) is 11.6 Å². The largest absolute Gasteiger partial charge is 0.393 e. The van der Waals surface area contributed by atoms with Crippen molar-refractivity contribution in [3.63, 3.8) is 0 Å². The Morgan fingerprint density at radius 2 is 1.83 bits per heavy atom. The molecule has 2 nitrogen and oxygen atoms in total. The highest BCUT2D eigenvalue weighted by Crippen LogP contribution is 2.65. The third-order valence-corrected chi connectivity index (χ3v) is 9.19.